The molecular weight excluding hydrogens is 230 g/mol. The summed E-state index contributed by atoms with van der Waals surface area (Å²) in [5.41, 5.74) is 2.32. The normalized spacial score (nSPS) is 13.8. The van der Waals surface area contributed by atoms with Gasteiger partial charge in [-0.05, 0) is 36.6 Å². The predicted octanol–water partition coefficient (Wildman–Crippen LogP) is 0.884. The Morgan fingerprint density at radius 1 is 1.17 bits per heavy atom. The quantitative estimate of drug-likeness (QED) is 0.781. The van der Waals surface area contributed by atoms with Gasteiger partial charge in [-0.15, -0.1) is 0 Å². The number of H-pyrrole nitrogens is 1. The average molecular weight is 243 g/mol. The van der Waals surface area contributed by atoms with E-state index in [4.69, 9.17) is 0 Å². The van der Waals surface area contributed by atoms with Crippen LogP contribution in [0.5, 0.6) is 0 Å². The van der Waals surface area contributed by atoms with Crippen molar-refractivity contribution in [2.75, 3.05) is 11.9 Å². The molecule has 2 N–H and O–H groups in total. The highest BCUT2D eigenvalue weighted by atomic mass is 16.2. The van der Waals surface area contributed by atoms with Gasteiger partial charge in [0.2, 0.25) is 0 Å². The third-order valence-corrected chi connectivity index (χ3v) is 3.13. The van der Waals surface area contributed by atoms with E-state index in [1.807, 2.05) is 18.2 Å². The first-order valence-corrected chi connectivity index (χ1v) is 5.93. The summed E-state index contributed by atoms with van der Waals surface area (Å²) >= 11 is 0. The topological polar surface area (TPSA) is 66.9 Å². The van der Waals surface area contributed by atoms with E-state index >= 15 is 0 Å². The largest absolute Gasteiger partial charge is 0.385 e. The van der Waals surface area contributed by atoms with E-state index < -0.39 is 5.69 Å². The van der Waals surface area contributed by atoms with E-state index in [1.165, 1.54) is 22.4 Å². The number of hydrogen-bond acceptors (Lipinski definition) is 3. The number of nitrogens with zero attached hydrogens (tertiary/aromatic N) is 1. The minimum absolute atomic E-state index is 0.379. The number of nitrogens with one attached hydrogen (secondary N) is 2. The first-order chi connectivity index (χ1) is 8.74. The molecule has 5 nitrogen and oxygen atoms in total. The Balaban J connectivity index is 2.12. The summed E-state index contributed by atoms with van der Waals surface area (Å²) in [6.07, 6.45) is 3.60. The van der Waals surface area contributed by atoms with Crippen LogP contribution in [0.15, 0.2) is 40.1 Å². The van der Waals surface area contributed by atoms with Gasteiger partial charge in [0.25, 0.3) is 5.56 Å². The molecular formula is C13H13N3O2. The van der Waals surface area contributed by atoms with Gasteiger partial charge in [-0.2, -0.15) is 0 Å². The van der Waals surface area contributed by atoms with E-state index in [-0.39, 0.29) is 5.56 Å². The highest BCUT2D eigenvalue weighted by Gasteiger charge is 2.09. The van der Waals surface area contributed by atoms with Crippen LogP contribution in [0.2, 0.25) is 0 Å². The molecule has 0 atom stereocenters. The van der Waals surface area contributed by atoms with Crippen molar-refractivity contribution in [1.29, 1.82) is 0 Å². The Hall–Kier alpha value is -2.30. The molecule has 1 aliphatic heterocycles. The van der Waals surface area contributed by atoms with Gasteiger partial charge < -0.3 is 5.32 Å². The van der Waals surface area contributed by atoms with Crippen LogP contribution in [-0.2, 0) is 6.42 Å². The van der Waals surface area contributed by atoms with Gasteiger partial charge in [0.05, 0.1) is 5.69 Å². The minimum Gasteiger partial charge on any atom is -0.385 e. The van der Waals surface area contributed by atoms with Crippen LogP contribution in [0.1, 0.15) is 12.0 Å². The van der Waals surface area contributed by atoms with Gasteiger partial charge in [-0.1, -0.05) is 0 Å². The van der Waals surface area contributed by atoms with Crippen molar-refractivity contribution >= 4 is 5.69 Å². The molecule has 3 rings (SSSR count). The summed E-state index contributed by atoms with van der Waals surface area (Å²) in [6, 6.07) is 7.18. The first-order valence-electron chi connectivity index (χ1n) is 5.93. The standard InChI is InChI=1S/C13H13N3O2/c17-12-5-7-16(13(18)15-12)10-3-4-11-9(8-10)2-1-6-14-11/h3-5,7-8,14H,1-2,6H2,(H,15,17,18). The smallest absolute Gasteiger partial charge is 0.332 e. The van der Waals surface area contributed by atoms with Crippen molar-refractivity contribution in [1.82, 2.24) is 9.55 Å². The fourth-order valence-corrected chi connectivity index (χ4v) is 2.23. The Morgan fingerprint density at radius 3 is 2.89 bits per heavy atom. The second kappa shape index (κ2) is 4.18. The molecule has 0 saturated heterocycles. The zero-order valence-corrected chi connectivity index (χ0v) is 9.77. The third-order valence-electron chi connectivity index (χ3n) is 3.13. The van der Waals surface area contributed by atoms with Crippen LogP contribution in [-0.4, -0.2) is 16.1 Å². The molecule has 0 bridgehead atoms. The number of benzene rings is 1. The molecule has 0 unspecified atom stereocenters. The second-order valence-corrected chi connectivity index (χ2v) is 4.35. The molecule has 5 heteroatoms. The van der Waals surface area contributed by atoms with Crippen molar-refractivity contribution in [2.45, 2.75) is 12.8 Å². The van der Waals surface area contributed by atoms with Gasteiger partial charge in [0.1, 0.15) is 0 Å². The molecule has 0 fully saturated rings. The molecule has 1 aromatic carbocycles. The molecule has 0 spiro atoms. The molecule has 18 heavy (non-hydrogen) atoms. The molecule has 0 amide bonds. The molecule has 0 aliphatic carbocycles. The Kier molecular flexibility index (Phi) is 2.51. The maximum absolute atomic E-state index is 11.7. The number of anilines is 1. The van der Waals surface area contributed by atoms with Crippen molar-refractivity contribution in [2.24, 2.45) is 0 Å². The minimum atomic E-state index is -0.411. The van der Waals surface area contributed by atoms with Crippen LogP contribution in [0.25, 0.3) is 5.69 Å². The van der Waals surface area contributed by atoms with Gasteiger partial charge in [-0.25, -0.2) is 4.79 Å². The highest BCUT2D eigenvalue weighted by Crippen LogP contribution is 2.23. The number of aryl methyl sites for hydroxylation is 1. The number of fused-ring (bicyclic) bond motifs is 1. The molecule has 1 aliphatic rings. The van der Waals surface area contributed by atoms with E-state index in [9.17, 15) is 9.59 Å². The zero-order valence-electron chi connectivity index (χ0n) is 9.77. The first kappa shape index (κ1) is 10.8. The lowest BCUT2D eigenvalue weighted by Crippen LogP contribution is -2.27. The lowest BCUT2D eigenvalue weighted by molar-refractivity contribution is 0.824. The van der Waals surface area contributed by atoms with E-state index in [0.29, 0.717) is 0 Å². The highest BCUT2D eigenvalue weighted by molar-refractivity contribution is 5.57. The molecule has 92 valence electrons. The maximum Gasteiger partial charge on any atom is 0.332 e. The van der Waals surface area contributed by atoms with E-state index in [2.05, 4.69) is 10.3 Å². The van der Waals surface area contributed by atoms with Gasteiger partial charge in [-0.3, -0.25) is 14.3 Å². The summed E-state index contributed by atoms with van der Waals surface area (Å²) in [5, 5.41) is 3.32. The molecule has 2 heterocycles. The number of aromatic amines is 1. The number of rotatable bonds is 1. The maximum atomic E-state index is 11.7. The Bertz CT molecular complexity index is 700. The van der Waals surface area contributed by atoms with Gasteiger partial charge in [0.15, 0.2) is 0 Å². The Morgan fingerprint density at radius 2 is 2.06 bits per heavy atom. The summed E-state index contributed by atoms with van der Waals surface area (Å²) < 4.78 is 1.44. The Labute approximate surface area is 103 Å². The van der Waals surface area contributed by atoms with E-state index in [0.717, 1.165) is 30.8 Å². The van der Waals surface area contributed by atoms with Gasteiger partial charge in [0, 0.05) is 24.5 Å². The molecule has 1 aromatic heterocycles. The third kappa shape index (κ3) is 1.84. The molecule has 0 saturated carbocycles. The van der Waals surface area contributed by atoms with Crippen molar-refractivity contribution < 1.29 is 0 Å². The lowest BCUT2D eigenvalue weighted by atomic mass is 10.0. The van der Waals surface area contributed by atoms with Crippen LogP contribution in [0, 0.1) is 0 Å². The fourth-order valence-electron chi connectivity index (χ4n) is 2.23. The van der Waals surface area contributed by atoms with Crippen LogP contribution in [0.4, 0.5) is 5.69 Å². The average Bonchev–Trinajstić information content (AvgIpc) is 2.38. The van der Waals surface area contributed by atoms with Gasteiger partial charge >= 0.3 is 5.69 Å². The molecule has 2 aromatic rings. The summed E-state index contributed by atoms with van der Waals surface area (Å²) in [4.78, 5) is 25.0. The number of aromatic nitrogens is 2. The SMILES string of the molecule is O=c1ccn(-c2ccc3c(c2)CCCN3)c(=O)[nH]1. The zero-order chi connectivity index (χ0) is 12.5. The molecule has 0 radical (unpaired) electrons. The van der Waals surface area contributed by atoms with Crippen LogP contribution >= 0.6 is 0 Å². The second-order valence-electron chi connectivity index (χ2n) is 4.35. The lowest BCUT2D eigenvalue weighted by Gasteiger charge is -2.18. The predicted molar refractivity (Wildman–Crippen MR) is 69.5 cm³/mol. The summed E-state index contributed by atoms with van der Waals surface area (Å²) in [7, 11) is 0. The summed E-state index contributed by atoms with van der Waals surface area (Å²) in [6.45, 7) is 0.991. The van der Waals surface area contributed by atoms with Crippen LogP contribution < -0.4 is 16.6 Å². The number of hydrogen-bond donors (Lipinski definition) is 2. The van der Waals surface area contributed by atoms with Crippen molar-refractivity contribution in [3.8, 4) is 5.69 Å². The van der Waals surface area contributed by atoms with Crippen LogP contribution in [0.3, 0.4) is 0 Å². The fraction of sp³-hybridized carbons (Fsp3) is 0.231. The summed E-state index contributed by atoms with van der Waals surface area (Å²) in [5.74, 6) is 0. The monoisotopic (exact) mass is 243 g/mol. The van der Waals surface area contributed by atoms with Crippen molar-refractivity contribution in [3.05, 3.63) is 56.9 Å². The van der Waals surface area contributed by atoms with E-state index in [1.54, 1.807) is 0 Å². The van der Waals surface area contributed by atoms with Crippen molar-refractivity contribution in [3.63, 3.8) is 0 Å².